The number of aryl methyl sites for hydroxylation is 1. The number of ether oxygens (including phenoxy) is 1. The lowest BCUT2D eigenvalue weighted by atomic mass is 10.0. The highest BCUT2D eigenvalue weighted by atomic mass is 16.5. The van der Waals surface area contributed by atoms with Crippen molar-refractivity contribution in [3.05, 3.63) is 35.9 Å². The maximum atomic E-state index is 5.68. The highest BCUT2D eigenvalue weighted by Gasteiger charge is 2.17. The van der Waals surface area contributed by atoms with Gasteiger partial charge in [0.05, 0.1) is 5.60 Å². The van der Waals surface area contributed by atoms with Crippen LogP contribution in [-0.2, 0) is 11.2 Å². The summed E-state index contributed by atoms with van der Waals surface area (Å²) in [4.78, 5) is 0. The minimum Gasteiger partial charge on any atom is -0.375 e. The molecule has 0 aliphatic carbocycles. The number of nitrogens with one attached hydrogen (secondary N) is 1. The van der Waals surface area contributed by atoms with Crippen LogP contribution in [0.25, 0.3) is 0 Å². The SMILES string of the molecule is CCOC(C)(C)CNC(C)CCc1ccccc1. The van der Waals surface area contributed by atoms with E-state index < -0.39 is 0 Å². The predicted molar refractivity (Wildman–Crippen MR) is 77.9 cm³/mol. The lowest BCUT2D eigenvalue weighted by molar-refractivity contribution is -0.0104. The molecule has 0 aliphatic heterocycles. The zero-order valence-corrected chi connectivity index (χ0v) is 12.2. The molecular formula is C16H27NO. The molecule has 102 valence electrons. The molecule has 0 aromatic heterocycles. The zero-order chi connectivity index (χ0) is 13.4. The second-order valence-electron chi connectivity index (χ2n) is 5.50. The molecule has 0 saturated heterocycles. The fraction of sp³-hybridized carbons (Fsp3) is 0.625. The summed E-state index contributed by atoms with van der Waals surface area (Å²) in [5.74, 6) is 0. The Bertz CT molecular complexity index is 321. The molecule has 0 bridgehead atoms. The molecule has 0 saturated carbocycles. The van der Waals surface area contributed by atoms with Crippen LogP contribution in [-0.4, -0.2) is 24.8 Å². The first-order valence-electron chi connectivity index (χ1n) is 6.95. The fourth-order valence-electron chi connectivity index (χ4n) is 1.99. The van der Waals surface area contributed by atoms with Gasteiger partial charge >= 0.3 is 0 Å². The quantitative estimate of drug-likeness (QED) is 0.762. The van der Waals surface area contributed by atoms with Crippen molar-refractivity contribution in [1.29, 1.82) is 0 Å². The van der Waals surface area contributed by atoms with Gasteiger partial charge in [-0.1, -0.05) is 30.3 Å². The van der Waals surface area contributed by atoms with Crippen LogP contribution < -0.4 is 5.32 Å². The molecule has 0 fully saturated rings. The van der Waals surface area contributed by atoms with E-state index in [1.54, 1.807) is 0 Å². The summed E-state index contributed by atoms with van der Waals surface area (Å²) < 4.78 is 5.68. The zero-order valence-electron chi connectivity index (χ0n) is 12.2. The molecule has 0 aliphatic rings. The van der Waals surface area contributed by atoms with Gasteiger partial charge in [0, 0.05) is 19.2 Å². The van der Waals surface area contributed by atoms with Crippen molar-refractivity contribution in [1.82, 2.24) is 5.32 Å². The first-order valence-corrected chi connectivity index (χ1v) is 6.95. The molecule has 0 spiro atoms. The molecule has 1 aromatic carbocycles. The summed E-state index contributed by atoms with van der Waals surface area (Å²) in [6.45, 7) is 10.2. The molecule has 2 heteroatoms. The molecule has 18 heavy (non-hydrogen) atoms. The largest absolute Gasteiger partial charge is 0.375 e. The third-order valence-corrected chi connectivity index (χ3v) is 3.12. The van der Waals surface area contributed by atoms with E-state index >= 15 is 0 Å². The molecule has 1 aromatic rings. The Kier molecular flexibility index (Phi) is 6.37. The Balaban J connectivity index is 2.24. The Morgan fingerprint density at radius 2 is 1.89 bits per heavy atom. The third kappa shape index (κ3) is 6.18. The topological polar surface area (TPSA) is 21.3 Å². The number of hydrogen-bond donors (Lipinski definition) is 1. The summed E-state index contributed by atoms with van der Waals surface area (Å²) in [6.07, 6.45) is 2.29. The minimum absolute atomic E-state index is 0.0737. The Morgan fingerprint density at radius 3 is 2.50 bits per heavy atom. The van der Waals surface area contributed by atoms with Crippen molar-refractivity contribution in [2.75, 3.05) is 13.2 Å². The van der Waals surface area contributed by atoms with Crippen LogP contribution in [0.5, 0.6) is 0 Å². The maximum absolute atomic E-state index is 5.68. The molecular weight excluding hydrogens is 222 g/mol. The van der Waals surface area contributed by atoms with Crippen LogP contribution >= 0.6 is 0 Å². The minimum atomic E-state index is -0.0737. The standard InChI is InChI=1S/C16H27NO/c1-5-18-16(3,4)13-17-14(2)11-12-15-9-7-6-8-10-15/h6-10,14,17H,5,11-13H2,1-4H3. The maximum Gasteiger partial charge on any atom is 0.0750 e. The van der Waals surface area contributed by atoms with E-state index in [0.717, 1.165) is 26.0 Å². The first kappa shape index (κ1) is 15.2. The van der Waals surface area contributed by atoms with Gasteiger partial charge in [0.1, 0.15) is 0 Å². The van der Waals surface area contributed by atoms with Gasteiger partial charge in [-0.15, -0.1) is 0 Å². The van der Waals surface area contributed by atoms with E-state index in [2.05, 4.69) is 56.4 Å². The van der Waals surface area contributed by atoms with Gasteiger partial charge in [0.2, 0.25) is 0 Å². The van der Waals surface area contributed by atoms with Crippen molar-refractivity contribution in [3.8, 4) is 0 Å². The average molecular weight is 249 g/mol. The first-order chi connectivity index (χ1) is 8.53. The predicted octanol–water partition coefficient (Wildman–Crippen LogP) is 3.41. The van der Waals surface area contributed by atoms with Crippen LogP contribution in [0, 0.1) is 0 Å². The molecule has 1 atom stereocenters. The molecule has 2 nitrogen and oxygen atoms in total. The summed E-state index contributed by atoms with van der Waals surface area (Å²) >= 11 is 0. The van der Waals surface area contributed by atoms with Crippen LogP contribution in [0.15, 0.2) is 30.3 Å². The molecule has 1 N–H and O–H groups in total. The fourth-order valence-corrected chi connectivity index (χ4v) is 1.99. The van der Waals surface area contributed by atoms with Crippen molar-refractivity contribution in [2.24, 2.45) is 0 Å². The smallest absolute Gasteiger partial charge is 0.0750 e. The van der Waals surface area contributed by atoms with Crippen molar-refractivity contribution >= 4 is 0 Å². The Labute approximate surface area is 112 Å². The second kappa shape index (κ2) is 7.55. The van der Waals surface area contributed by atoms with Crippen molar-refractivity contribution < 1.29 is 4.74 Å². The van der Waals surface area contributed by atoms with Gasteiger partial charge in [0.15, 0.2) is 0 Å². The molecule has 1 rings (SSSR count). The number of benzene rings is 1. The molecule has 0 radical (unpaired) electrons. The Hall–Kier alpha value is -0.860. The molecule has 0 heterocycles. The van der Waals surface area contributed by atoms with Gasteiger partial charge in [-0.3, -0.25) is 0 Å². The Morgan fingerprint density at radius 1 is 1.22 bits per heavy atom. The van der Waals surface area contributed by atoms with Gasteiger partial charge in [0.25, 0.3) is 0 Å². The van der Waals surface area contributed by atoms with Crippen LogP contribution in [0.3, 0.4) is 0 Å². The second-order valence-corrected chi connectivity index (χ2v) is 5.50. The van der Waals surface area contributed by atoms with E-state index in [4.69, 9.17) is 4.74 Å². The summed E-state index contributed by atoms with van der Waals surface area (Å²) in [7, 11) is 0. The average Bonchev–Trinajstić information content (AvgIpc) is 2.35. The summed E-state index contributed by atoms with van der Waals surface area (Å²) in [6, 6.07) is 11.2. The van der Waals surface area contributed by atoms with E-state index in [1.807, 2.05) is 6.92 Å². The van der Waals surface area contributed by atoms with Crippen molar-refractivity contribution in [3.63, 3.8) is 0 Å². The van der Waals surface area contributed by atoms with Gasteiger partial charge in [-0.05, 0) is 46.1 Å². The van der Waals surface area contributed by atoms with E-state index in [9.17, 15) is 0 Å². The lowest BCUT2D eigenvalue weighted by Crippen LogP contribution is -2.41. The normalized spacial score (nSPS) is 13.6. The van der Waals surface area contributed by atoms with Gasteiger partial charge in [-0.25, -0.2) is 0 Å². The highest BCUT2D eigenvalue weighted by molar-refractivity contribution is 5.14. The van der Waals surface area contributed by atoms with Gasteiger partial charge < -0.3 is 10.1 Å². The van der Waals surface area contributed by atoms with E-state index in [0.29, 0.717) is 6.04 Å². The molecule has 0 amide bonds. The molecule has 1 unspecified atom stereocenters. The van der Waals surface area contributed by atoms with Crippen LogP contribution in [0.1, 0.15) is 39.7 Å². The number of hydrogen-bond acceptors (Lipinski definition) is 2. The summed E-state index contributed by atoms with van der Waals surface area (Å²) in [5, 5.41) is 3.55. The van der Waals surface area contributed by atoms with Crippen molar-refractivity contribution in [2.45, 2.75) is 52.2 Å². The van der Waals surface area contributed by atoms with E-state index in [-0.39, 0.29) is 5.60 Å². The lowest BCUT2D eigenvalue weighted by Gasteiger charge is -2.27. The highest BCUT2D eigenvalue weighted by Crippen LogP contribution is 2.09. The van der Waals surface area contributed by atoms with E-state index in [1.165, 1.54) is 5.56 Å². The summed E-state index contributed by atoms with van der Waals surface area (Å²) in [5.41, 5.74) is 1.34. The van der Waals surface area contributed by atoms with Crippen LogP contribution in [0.2, 0.25) is 0 Å². The van der Waals surface area contributed by atoms with Crippen LogP contribution in [0.4, 0.5) is 0 Å². The number of rotatable bonds is 8. The van der Waals surface area contributed by atoms with Gasteiger partial charge in [-0.2, -0.15) is 0 Å². The monoisotopic (exact) mass is 249 g/mol. The third-order valence-electron chi connectivity index (χ3n) is 3.12.